The van der Waals surface area contributed by atoms with Crippen LogP contribution >= 0.6 is 20.5 Å². The first kappa shape index (κ1) is 20.2. The average molecular weight is 332 g/mol. The maximum atomic E-state index is 6.26. The molecule has 120 valence electrons. The van der Waals surface area contributed by atoms with Crippen LogP contribution in [0.25, 0.3) is 0 Å². The Labute approximate surface area is 121 Å². The fourth-order valence-corrected chi connectivity index (χ4v) is 3.62. The molecule has 0 aliphatic carbocycles. The summed E-state index contributed by atoms with van der Waals surface area (Å²) in [7, 11) is -0.562. The molecule has 0 aliphatic rings. The van der Waals surface area contributed by atoms with Crippen LogP contribution in [-0.2, 0) is 13.3 Å². The fraction of sp³-hybridized carbons (Fsp3) is 1.00. The Morgan fingerprint density at radius 3 is 0.684 bits per heavy atom. The third kappa shape index (κ3) is 15.4. The van der Waals surface area contributed by atoms with Gasteiger partial charge in [-0.05, 0) is 0 Å². The van der Waals surface area contributed by atoms with Gasteiger partial charge in [0.2, 0.25) is 0 Å². The minimum atomic E-state index is -2.16. The van der Waals surface area contributed by atoms with Crippen LogP contribution in [0.2, 0.25) is 0 Å². The van der Waals surface area contributed by atoms with Crippen LogP contribution in [-0.4, -0.2) is 87.3 Å². The van der Waals surface area contributed by atoms with Gasteiger partial charge in [0.15, 0.2) is 0 Å². The second-order valence-electron chi connectivity index (χ2n) is 10.8. The first-order chi connectivity index (χ1) is 7.54. The Balaban J connectivity index is 5.21. The summed E-state index contributed by atoms with van der Waals surface area (Å²) in [5.41, 5.74) is 0. The van der Waals surface area contributed by atoms with E-state index in [0.29, 0.717) is 0 Å². The van der Waals surface area contributed by atoms with Gasteiger partial charge in [0.25, 0.3) is 0 Å². The molecule has 0 bridgehead atoms. The van der Waals surface area contributed by atoms with E-state index in [2.05, 4.69) is 80.0 Å². The Morgan fingerprint density at radius 2 is 0.579 bits per heavy atom. The predicted molar refractivity (Wildman–Crippen MR) is 101 cm³/mol. The van der Waals surface area contributed by atoms with Crippen LogP contribution in [0.4, 0.5) is 0 Å². The van der Waals surface area contributed by atoms with Gasteiger partial charge in [-0.3, -0.25) is 0 Å². The van der Waals surface area contributed by atoms with Gasteiger partial charge in [0, 0.05) is 0 Å². The van der Waals surface area contributed by atoms with Gasteiger partial charge in [-0.2, -0.15) is 0 Å². The number of rotatable bonds is 6. The van der Waals surface area contributed by atoms with E-state index in [1.807, 2.05) is 0 Å². The summed E-state index contributed by atoms with van der Waals surface area (Å²) < 4.78 is 18.8. The Bertz CT molecular complexity index is 273. The molecule has 0 atom stereocenters. The van der Waals surface area contributed by atoms with Crippen molar-refractivity contribution in [2.75, 3.05) is 80.0 Å². The summed E-state index contributed by atoms with van der Waals surface area (Å²) in [6, 6.07) is 0. The van der Waals surface area contributed by atoms with Crippen LogP contribution in [0.1, 0.15) is 0 Å². The summed E-state index contributed by atoms with van der Waals surface area (Å²) in [6.07, 6.45) is 0. The van der Waals surface area contributed by atoms with E-state index in [4.69, 9.17) is 13.3 Å². The first-order valence-electron chi connectivity index (χ1n) is 6.62. The van der Waals surface area contributed by atoms with Crippen molar-refractivity contribution in [2.45, 2.75) is 0 Å². The van der Waals surface area contributed by atoms with Gasteiger partial charge >= 0.3 is 121 Å². The molecular formula is C12H36BO3P3. The van der Waals surface area contributed by atoms with E-state index >= 15 is 0 Å². The van der Waals surface area contributed by atoms with Crippen LogP contribution < -0.4 is 0 Å². The molecule has 7 heteroatoms. The zero-order valence-corrected chi connectivity index (χ0v) is 17.8. The normalized spacial score (nSPS) is 20.5. The van der Waals surface area contributed by atoms with E-state index in [1.54, 1.807) is 0 Å². The monoisotopic (exact) mass is 332 g/mol. The molecule has 0 N–H and O–H groups in total. The van der Waals surface area contributed by atoms with Crippen molar-refractivity contribution in [2.24, 2.45) is 0 Å². The molecule has 19 heavy (non-hydrogen) atoms. The zero-order valence-electron chi connectivity index (χ0n) is 15.1. The van der Waals surface area contributed by atoms with Gasteiger partial charge in [0.05, 0.1) is 0 Å². The second-order valence-corrected chi connectivity index (χ2v) is 32.0. The summed E-state index contributed by atoms with van der Waals surface area (Å²) in [6.45, 7) is 19.6. The fourth-order valence-electron chi connectivity index (χ4n) is 1.09. The van der Waals surface area contributed by atoms with Gasteiger partial charge in [-0.1, -0.05) is 0 Å². The van der Waals surface area contributed by atoms with Crippen molar-refractivity contribution in [1.82, 2.24) is 0 Å². The Kier molecular flexibility index (Phi) is 4.91. The molecule has 0 radical (unpaired) electrons. The SMILES string of the molecule is CP(C)(C)(C)OB(OP(C)(C)(C)C)OP(C)(C)(C)C. The summed E-state index contributed by atoms with van der Waals surface area (Å²) in [5.74, 6) is 0. The Hall–Kier alpha value is 1.23. The van der Waals surface area contributed by atoms with E-state index in [9.17, 15) is 0 Å². The van der Waals surface area contributed by atoms with E-state index < -0.39 is 27.8 Å². The van der Waals surface area contributed by atoms with Crippen molar-refractivity contribution < 1.29 is 13.3 Å². The van der Waals surface area contributed by atoms with Gasteiger partial charge in [-0.15, -0.1) is 0 Å². The molecular weight excluding hydrogens is 296 g/mol. The second kappa shape index (κ2) is 4.61. The van der Waals surface area contributed by atoms with E-state index in [-0.39, 0.29) is 0 Å². The molecule has 0 heterocycles. The topological polar surface area (TPSA) is 27.7 Å². The Morgan fingerprint density at radius 1 is 0.421 bits per heavy atom. The van der Waals surface area contributed by atoms with Crippen LogP contribution in [0.15, 0.2) is 0 Å². The average Bonchev–Trinajstić information content (AvgIpc) is 1.61. The van der Waals surface area contributed by atoms with Crippen LogP contribution in [0.5, 0.6) is 0 Å². The zero-order chi connectivity index (χ0) is 16.0. The van der Waals surface area contributed by atoms with Crippen molar-refractivity contribution in [3.8, 4) is 0 Å². The maximum absolute atomic E-state index is 6.26. The molecule has 0 spiro atoms. The summed E-state index contributed by atoms with van der Waals surface area (Å²) in [4.78, 5) is 0. The molecule has 0 fully saturated rings. The summed E-state index contributed by atoms with van der Waals surface area (Å²) in [5, 5.41) is 0. The van der Waals surface area contributed by atoms with Crippen LogP contribution in [0, 0.1) is 0 Å². The quantitative estimate of drug-likeness (QED) is 0.544. The van der Waals surface area contributed by atoms with Gasteiger partial charge < -0.3 is 0 Å². The van der Waals surface area contributed by atoms with Crippen molar-refractivity contribution in [3.63, 3.8) is 0 Å². The summed E-state index contributed by atoms with van der Waals surface area (Å²) >= 11 is 0. The molecule has 0 rings (SSSR count). The molecule has 0 unspecified atom stereocenters. The number of hydrogen-bond donors (Lipinski definition) is 0. The van der Waals surface area contributed by atoms with Gasteiger partial charge in [0.1, 0.15) is 0 Å². The molecule has 0 aromatic carbocycles. The van der Waals surface area contributed by atoms with E-state index in [0.717, 1.165) is 0 Å². The van der Waals surface area contributed by atoms with Crippen molar-refractivity contribution in [3.05, 3.63) is 0 Å². The molecule has 0 aromatic heterocycles. The van der Waals surface area contributed by atoms with Crippen molar-refractivity contribution >= 4 is 27.8 Å². The molecule has 0 saturated carbocycles. The van der Waals surface area contributed by atoms with Crippen LogP contribution in [0.3, 0.4) is 0 Å². The third-order valence-corrected chi connectivity index (χ3v) is 4.57. The first-order valence-corrected chi connectivity index (χ1v) is 18.4. The van der Waals surface area contributed by atoms with E-state index in [1.165, 1.54) is 0 Å². The number of hydrogen-bond acceptors (Lipinski definition) is 3. The third-order valence-electron chi connectivity index (χ3n) is 1.52. The molecule has 0 aliphatic heterocycles. The molecule has 0 aromatic rings. The molecule has 0 saturated heterocycles. The predicted octanol–water partition coefficient (Wildman–Crippen LogP) is 3.98. The standard InChI is InChI=1S/C12H36BO3P3/c1-17(2,3,4)14-13(15-18(5,6,7)8)16-19(9,10,11)12/h1-12H3. The molecule has 3 nitrogen and oxygen atoms in total. The van der Waals surface area contributed by atoms with Crippen molar-refractivity contribution in [1.29, 1.82) is 0 Å². The minimum absolute atomic E-state index is 0.562. The molecule has 0 amide bonds. The van der Waals surface area contributed by atoms with Gasteiger partial charge in [-0.25, -0.2) is 0 Å².